The van der Waals surface area contributed by atoms with E-state index in [1.807, 2.05) is 35.7 Å². The Balaban J connectivity index is 1.38. The van der Waals surface area contributed by atoms with Gasteiger partial charge in [-0.25, -0.2) is 4.79 Å². The van der Waals surface area contributed by atoms with Crippen LogP contribution < -0.4 is 15.0 Å². The zero-order chi connectivity index (χ0) is 19.5. The molecule has 3 amide bonds. The fourth-order valence-electron chi connectivity index (χ4n) is 3.03. The minimum atomic E-state index is -0.343. The van der Waals surface area contributed by atoms with Crippen LogP contribution in [-0.2, 0) is 4.79 Å². The molecule has 0 bridgehead atoms. The number of amides is 3. The molecule has 1 aliphatic heterocycles. The van der Waals surface area contributed by atoms with Gasteiger partial charge in [-0.1, -0.05) is 23.4 Å². The second-order valence-corrected chi connectivity index (χ2v) is 7.08. The third-order valence-corrected chi connectivity index (χ3v) is 5.24. The van der Waals surface area contributed by atoms with E-state index in [9.17, 15) is 9.59 Å². The standard InChI is InChI=1S/C19H18N4O4S/c1-26-15-6-3-2-5-14(15)23-9-8-22(19(23)25)12-17(24)20-18-11-13(21-27-18)16-7-4-10-28-16/h2-7,10-11H,8-9,12H2,1H3,(H,20,24). The number of urea groups is 1. The molecule has 1 saturated heterocycles. The number of hydrogen-bond donors (Lipinski definition) is 1. The number of aromatic nitrogens is 1. The predicted octanol–water partition coefficient (Wildman–Crippen LogP) is 3.29. The van der Waals surface area contributed by atoms with E-state index < -0.39 is 0 Å². The summed E-state index contributed by atoms with van der Waals surface area (Å²) < 4.78 is 10.5. The number of carbonyl (C=O) groups is 2. The van der Waals surface area contributed by atoms with E-state index in [0.717, 1.165) is 4.88 Å². The summed E-state index contributed by atoms with van der Waals surface area (Å²) in [5.74, 6) is 0.524. The number of nitrogens with zero attached hydrogens (tertiary/aromatic N) is 3. The molecule has 3 heterocycles. The van der Waals surface area contributed by atoms with Crippen LogP contribution in [0.4, 0.5) is 16.4 Å². The van der Waals surface area contributed by atoms with Gasteiger partial charge in [-0.2, -0.15) is 0 Å². The quantitative estimate of drug-likeness (QED) is 0.688. The summed E-state index contributed by atoms with van der Waals surface area (Å²) in [5, 5.41) is 8.53. The Morgan fingerprint density at radius 3 is 2.93 bits per heavy atom. The second kappa shape index (κ2) is 7.73. The number of hydrogen-bond acceptors (Lipinski definition) is 6. The van der Waals surface area contributed by atoms with Crippen LogP contribution in [0.25, 0.3) is 10.6 Å². The zero-order valence-corrected chi connectivity index (χ0v) is 15.9. The molecule has 2 aromatic heterocycles. The van der Waals surface area contributed by atoms with Crippen molar-refractivity contribution in [3.8, 4) is 16.3 Å². The molecule has 144 valence electrons. The van der Waals surface area contributed by atoms with Crippen molar-refractivity contribution in [3.05, 3.63) is 47.8 Å². The smallest absolute Gasteiger partial charge is 0.325 e. The Kier molecular flexibility index (Phi) is 4.98. The van der Waals surface area contributed by atoms with Gasteiger partial charge >= 0.3 is 6.03 Å². The van der Waals surface area contributed by atoms with E-state index in [-0.39, 0.29) is 24.4 Å². The molecule has 9 heteroatoms. The Labute approximate surface area is 165 Å². The molecule has 1 N–H and O–H groups in total. The van der Waals surface area contributed by atoms with Crippen molar-refractivity contribution in [2.45, 2.75) is 0 Å². The highest BCUT2D eigenvalue weighted by atomic mass is 32.1. The molecule has 0 atom stereocenters. The minimum absolute atomic E-state index is 0.0699. The van der Waals surface area contributed by atoms with Crippen LogP contribution in [0.2, 0.25) is 0 Å². The second-order valence-electron chi connectivity index (χ2n) is 6.13. The molecular weight excluding hydrogens is 380 g/mol. The van der Waals surface area contributed by atoms with Gasteiger partial charge in [0, 0.05) is 19.2 Å². The number of nitrogens with one attached hydrogen (secondary N) is 1. The van der Waals surface area contributed by atoms with Gasteiger partial charge in [-0.3, -0.25) is 15.0 Å². The molecule has 3 aromatic rings. The van der Waals surface area contributed by atoms with Gasteiger partial charge in [0.25, 0.3) is 0 Å². The number of anilines is 2. The zero-order valence-electron chi connectivity index (χ0n) is 15.1. The van der Waals surface area contributed by atoms with Gasteiger partial charge in [0.05, 0.1) is 17.7 Å². The summed E-state index contributed by atoms with van der Waals surface area (Å²) in [6.45, 7) is 0.859. The number of thiophene rings is 1. The first-order valence-corrected chi connectivity index (χ1v) is 9.53. The topological polar surface area (TPSA) is 87.9 Å². The van der Waals surface area contributed by atoms with Crippen molar-refractivity contribution in [3.63, 3.8) is 0 Å². The first-order chi connectivity index (χ1) is 13.7. The fraction of sp³-hybridized carbons (Fsp3) is 0.211. The highest BCUT2D eigenvalue weighted by molar-refractivity contribution is 7.13. The normalized spacial score (nSPS) is 13.8. The number of methoxy groups -OCH3 is 1. The van der Waals surface area contributed by atoms with Crippen molar-refractivity contribution in [2.75, 3.05) is 37.0 Å². The lowest BCUT2D eigenvalue weighted by Gasteiger charge is -2.20. The molecule has 0 unspecified atom stereocenters. The molecule has 1 aliphatic rings. The molecule has 1 fully saturated rings. The van der Waals surface area contributed by atoms with E-state index in [1.54, 1.807) is 24.1 Å². The van der Waals surface area contributed by atoms with Crippen LogP contribution >= 0.6 is 11.3 Å². The Morgan fingerprint density at radius 2 is 2.14 bits per heavy atom. The number of rotatable bonds is 6. The third-order valence-electron chi connectivity index (χ3n) is 4.35. The lowest BCUT2D eigenvalue weighted by Crippen LogP contribution is -2.37. The van der Waals surface area contributed by atoms with E-state index in [0.29, 0.717) is 30.2 Å². The number of ether oxygens (including phenoxy) is 1. The summed E-state index contributed by atoms with van der Waals surface area (Å²) in [5.41, 5.74) is 1.35. The van der Waals surface area contributed by atoms with E-state index in [2.05, 4.69) is 10.5 Å². The number of carbonyl (C=O) groups excluding carboxylic acids is 2. The van der Waals surface area contributed by atoms with Crippen molar-refractivity contribution in [1.82, 2.24) is 10.1 Å². The molecular formula is C19H18N4O4S. The van der Waals surface area contributed by atoms with Crippen molar-refractivity contribution in [1.29, 1.82) is 0 Å². The van der Waals surface area contributed by atoms with Crippen LogP contribution in [-0.4, -0.2) is 48.7 Å². The largest absolute Gasteiger partial charge is 0.495 e. The Bertz CT molecular complexity index is 986. The maximum Gasteiger partial charge on any atom is 0.325 e. The third kappa shape index (κ3) is 3.56. The van der Waals surface area contributed by atoms with Gasteiger partial charge < -0.3 is 14.2 Å². The average Bonchev–Trinajstić information content (AvgIpc) is 3.44. The van der Waals surface area contributed by atoms with Crippen LogP contribution in [0.15, 0.2) is 52.4 Å². The van der Waals surface area contributed by atoms with Crippen LogP contribution in [0.3, 0.4) is 0 Å². The van der Waals surface area contributed by atoms with Crippen LogP contribution in [0, 0.1) is 0 Å². The maximum atomic E-state index is 12.7. The maximum absolute atomic E-state index is 12.7. The van der Waals surface area contributed by atoms with Crippen molar-refractivity contribution in [2.24, 2.45) is 0 Å². The van der Waals surface area contributed by atoms with Gasteiger partial charge in [-0.15, -0.1) is 11.3 Å². The molecule has 0 aliphatic carbocycles. The summed E-state index contributed by atoms with van der Waals surface area (Å²) in [6.07, 6.45) is 0. The molecule has 1 aromatic carbocycles. The Hall–Kier alpha value is -3.33. The molecule has 28 heavy (non-hydrogen) atoms. The van der Waals surface area contributed by atoms with E-state index in [1.165, 1.54) is 16.2 Å². The van der Waals surface area contributed by atoms with Crippen molar-refractivity contribution >= 4 is 34.8 Å². The van der Waals surface area contributed by atoms with E-state index >= 15 is 0 Å². The Morgan fingerprint density at radius 1 is 1.29 bits per heavy atom. The molecule has 0 spiro atoms. The SMILES string of the molecule is COc1ccccc1N1CCN(CC(=O)Nc2cc(-c3cccs3)no2)C1=O. The first-order valence-electron chi connectivity index (χ1n) is 8.65. The summed E-state index contributed by atoms with van der Waals surface area (Å²) in [7, 11) is 1.56. The molecule has 4 rings (SSSR count). The molecule has 8 nitrogen and oxygen atoms in total. The lowest BCUT2D eigenvalue weighted by atomic mass is 10.2. The van der Waals surface area contributed by atoms with Crippen LogP contribution in [0.1, 0.15) is 0 Å². The molecule has 0 saturated carbocycles. The summed E-state index contributed by atoms with van der Waals surface area (Å²) in [6, 6.07) is 12.6. The summed E-state index contributed by atoms with van der Waals surface area (Å²) >= 11 is 1.53. The summed E-state index contributed by atoms with van der Waals surface area (Å²) in [4.78, 5) is 29.1. The highest BCUT2D eigenvalue weighted by Gasteiger charge is 2.32. The predicted molar refractivity (Wildman–Crippen MR) is 106 cm³/mol. The number of benzene rings is 1. The minimum Gasteiger partial charge on any atom is -0.495 e. The fourth-order valence-corrected chi connectivity index (χ4v) is 3.71. The average molecular weight is 398 g/mol. The van der Waals surface area contributed by atoms with Gasteiger partial charge in [-0.05, 0) is 23.6 Å². The van der Waals surface area contributed by atoms with Gasteiger partial charge in [0.1, 0.15) is 18.0 Å². The molecule has 0 radical (unpaired) electrons. The van der Waals surface area contributed by atoms with Gasteiger partial charge in [0.2, 0.25) is 11.8 Å². The monoisotopic (exact) mass is 398 g/mol. The highest BCUT2D eigenvalue weighted by Crippen LogP contribution is 2.30. The lowest BCUT2D eigenvalue weighted by molar-refractivity contribution is -0.116. The van der Waals surface area contributed by atoms with Crippen LogP contribution in [0.5, 0.6) is 5.75 Å². The number of para-hydroxylation sites is 2. The van der Waals surface area contributed by atoms with E-state index in [4.69, 9.17) is 9.26 Å². The first kappa shape index (κ1) is 18.1. The van der Waals surface area contributed by atoms with Crippen molar-refractivity contribution < 1.29 is 18.8 Å². The van der Waals surface area contributed by atoms with Gasteiger partial charge in [0.15, 0.2) is 0 Å².